The molecule has 1 aromatic carbocycles. The highest BCUT2D eigenvalue weighted by atomic mass is 32.2. The van der Waals surface area contributed by atoms with Gasteiger partial charge < -0.3 is 48.1 Å². The highest BCUT2D eigenvalue weighted by molar-refractivity contribution is 8.14. The van der Waals surface area contributed by atoms with Crippen LogP contribution in [-0.2, 0) is 38.0 Å². The molecule has 2 rings (SSSR count). The third-order valence-electron chi connectivity index (χ3n) is 5.29. The van der Waals surface area contributed by atoms with Crippen LogP contribution in [0.25, 0.3) is 0 Å². The molecular formula is C26H41NO11S. The Kier molecular flexibility index (Phi) is 17.0. The molecule has 1 heterocycles. The lowest BCUT2D eigenvalue weighted by Gasteiger charge is -2.12. The number of phenols is 1. The van der Waals surface area contributed by atoms with Crippen molar-refractivity contribution in [1.82, 2.24) is 0 Å². The first-order valence-electron chi connectivity index (χ1n) is 12.8. The van der Waals surface area contributed by atoms with Gasteiger partial charge in [0.1, 0.15) is 23.1 Å². The lowest BCUT2D eigenvalue weighted by Crippen LogP contribution is -2.33. The second-order valence-corrected chi connectivity index (χ2v) is 9.44. The molecule has 1 aromatic rings. The second-order valence-electron chi connectivity index (χ2n) is 8.48. The summed E-state index contributed by atoms with van der Waals surface area (Å²) in [6, 6.07) is 4.80. The quantitative estimate of drug-likeness (QED) is 0.174. The van der Waals surface area contributed by atoms with Crippen LogP contribution >= 0.6 is 11.8 Å². The number of aliphatic imine (C=N–C) groups is 1. The van der Waals surface area contributed by atoms with Crippen LogP contribution < -0.4 is 4.74 Å². The predicted molar refractivity (Wildman–Crippen MR) is 145 cm³/mol. The molecule has 0 aromatic heterocycles. The van der Waals surface area contributed by atoms with E-state index in [9.17, 15) is 15.0 Å². The van der Waals surface area contributed by atoms with Gasteiger partial charge in [0.05, 0.1) is 91.5 Å². The van der Waals surface area contributed by atoms with E-state index in [1.54, 1.807) is 26.2 Å². The van der Waals surface area contributed by atoms with Crippen LogP contribution in [0.15, 0.2) is 23.2 Å². The highest BCUT2D eigenvalue weighted by Gasteiger charge is 2.39. The summed E-state index contributed by atoms with van der Waals surface area (Å²) in [5.41, 5.74) is -0.744. The SMILES string of the molecule is COCCOCCOCCOCCOCCOCCOCCOc1ccc(O)c(C2=NC(C)(C(=O)O)CS2)c1. The summed E-state index contributed by atoms with van der Waals surface area (Å²) in [6.45, 7) is 8.26. The number of carboxylic acid groups (broad SMARTS) is 1. The van der Waals surface area contributed by atoms with Crippen molar-refractivity contribution in [3.05, 3.63) is 23.8 Å². The number of rotatable bonds is 24. The predicted octanol–water partition coefficient (Wildman–Crippen LogP) is 1.85. The van der Waals surface area contributed by atoms with Gasteiger partial charge in [-0.1, -0.05) is 0 Å². The molecule has 222 valence electrons. The third-order valence-corrected chi connectivity index (χ3v) is 6.58. The van der Waals surface area contributed by atoms with Crippen LogP contribution in [0, 0.1) is 0 Å². The van der Waals surface area contributed by atoms with Crippen molar-refractivity contribution in [3.8, 4) is 11.5 Å². The van der Waals surface area contributed by atoms with Crippen LogP contribution in [0.2, 0.25) is 0 Å². The van der Waals surface area contributed by atoms with Gasteiger partial charge in [-0.2, -0.15) is 0 Å². The zero-order valence-electron chi connectivity index (χ0n) is 22.8. The lowest BCUT2D eigenvalue weighted by atomic mass is 10.1. The molecule has 0 spiro atoms. The van der Waals surface area contributed by atoms with Crippen molar-refractivity contribution in [2.75, 3.05) is 105 Å². The van der Waals surface area contributed by atoms with Crippen LogP contribution in [-0.4, -0.2) is 132 Å². The number of methoxy groups -OCH3 is 1. The molecule has 1 atom stereocenters. The van der Waals surface area contributed by atoms with Crippen molar-refractivity contribution in [3.63, 3.8) is 0 Å². The summed E-state index contributed by atoms with van der Waals surface area (Å²) in [7, 11) is 1.64. The van der Waals surface area contributed by atoms with Gasteiger partial charge in [-0.05, 0) is 25.1 Å². The summed E-state index contributed by atoms with van der Waals surface area (Å²) >= 11 is 1.30. The van der Waals surface area contributed by atoms with E-state index >= 15 is 0 Å². The Labute approximate surface area is 233 Å². The number of carbonyl (C=O) groups is 1. The maximum Gasteiger partial charge on any atom is 0.332 e. The van der Waals surface area contributed by atoms with Crippen molar-refractivity contribution < 1.29 is 52.9 Å². The molecule has 0 fully saturated rings. The van der Waals surface area contributed by atoms with E-state index < -0.39 is 11.5 Å². The molecule has 1 aliphatic rings. The number of hydrogen-bond donors (Lipinski definition) is 2. The molecule has 1 unspecified atom stereocenters. The van der Waals surface area contributed by atoms with Crippen LogP contribution in [0.5, 0.6) is 11.5 Å². The largest absolute Gasteiger partial charge is 0.507 e. The first-order valence-corrected chi connectivity index (χ1v) is 13.8. The summed E-state index contributed by atoms with van der Waals surface area (Å²) in [4.78, 5) is 15.7. The normalized spacial score (nSPS) is 16.9. The Morgan fingerprint density at radius 3 is 1.72 bits per heavy atom. The van der Waals surface area contributed by atoms with Crippen molar-refractivity contribution in [2.45, 2.75) is 12.5 Å². The molecule has 12 nitrogen and oxygen atoms in total. The molecule has 1 aliphatic heterocycles. The average Bonchev–Trinajstić information content (AvgIpc) is 3.33. The molecule has 13 heteroatoms. The van der Waals surface area contributed by atoms with Gasteiger partial charge >= 0.3 is 5.97 Å². The van der Waals surface area contributed by atoms with Gasteiger partial charge in [0.2, 0.25) is 0 Å². The summed E-state index contributed by atoms with van der Waals surface area (Å²) in [5.74, 6) is -0.131. The molecule has 0 saturated heterocycles. The number of nitrogens with zero attached hydrogens (tertiary/aromatic N) is 1. The van der Waals surface area contributed by atoms with E-state index in [4.69, 9.17) is 37.9 Å². The summed E-state index contributed by atoms with van der Waals surface area (Å²) in [5, 5.41) is 20.0. The Hall–Kier alpha value is -1.97. The lowest BCUT2D eigenvalue weighted by molar-refractivity contribution is -0.141. The standard InChI is InChI=1S/C26H41NO11S/c1-26(25(29)30)20-39-24(27-26)22-19-21(3-4-23(22)28)38-18-17-37-16-15-36-14-13-35-12-11-34-10-9-33-8-7-32-6-5-31-2/h3-4,19,28H,5-18,20H2,1-2H3,(H,29,30). The maximum absolute atomic E-state index is 11.4. The highest BCUT2D eigenvalue weighted by Crippen LogP contribution is 2.35. The van der Waals surface area contributed by atoms with Gasteiger partial charge in [0.15, 0.2) is 5.54 Å². The summed E-state index contributed by atoms with van der Waals surface area (Å²) in [6.07, 6.45) is 0. The van der Waals surface area contributed by atoms with E-state index in [0.717, 1.165) is 0 Å². The minimum atomic E-state index is -1.20. The monoisotopic (exact) mass is 575 g/mol. The first-order chi connectivity index (χ1) is 19.0. The van der Waals surface area contributed by atoms with E-state index in [1.807, 2.05) is 0 Å². The van der Waals surface area contributed by atoms with Crippen LogP contribution in [0.1, 0.15) is 12.5 Å². The molecule has 0 radical (unpaired) electrons. The third kappa shape index (κ3) is 13.8. The zero-order chi connectivity index (χ0) is 28.2. The topological polar surface area (TPSA) is 144 Å². The van der Waals surface area contributed by atoms with E-state index in [0.29, 0.717) is 115 Å². The number of aromatic hydroxyl groups is 1. The number of hydrogen-bond acceptors (Lipinski definition) is 12. The summed E-state index contributed by atoms with van der Waals surface area (Å²) < 4.78 is 43.1. The molecule has 0 aliphatic carbocycles. The van der Waals surface area contributed by atoms with E-state index in [-0.39, 0.29) is 5.75 Å². The van der Waals surface area contributed by atoms with Gasteiger partial charge in [0.25, 0.3) is 0 Å². The molecule has 2 N–H and O–H groups in total. The minimum Gasteiger partial charge on any atom is -0.507 e. The first kappa shape index (κ1) is 33.2. The van der Waals surface area contributed by atoms with Crippen molar-refractivity contribution in [2.24, 2.45) is 4.99 Å². The number of aliphatic carboxylic acids is 1. The van der Waals surface area contributed by atoms with Crippen molar-refractivity contribution >= 4 is 22.8 Å². The van der Waals surface area contributed by atoms with Gasteiger partial charge in [-0.15, -0.1) is 11.8 Å². The van der Waals surface area contributed by atoms with Gasteiger partial charge in [0, 0.05) is 12.9 Å². The number of benzene rings is 1. The maximum atomic E-state index is 11.4. The zero-order valence-corrected chi connectivity index (χ0v) is 23.6. The smallest absolute Gasteiger partial charge is 0.332 e. The molecule has 0 saturated carbocycles. The second kappa shape index (κ2) is 20.0. The Morgan fingerprint density at radius 1 is 0.821 bits per heavy atom. The van der Waals surface area contributed by atoms with Gasteiger partial charge in [-0.3, -0.25) is 4.99 Å². The number of ether oxygens (including phenoxy) is 8. The van der Waals surface area contributed by atoms with Crippen LogP contribution in [0.4, 0.5) is 0 Å². The Balaban J connectivity index is 1.40. The molecule has 39 heavy (non-hydrogen) atoms. The fourth-order valence-corrected chi connectivity index (χ4v) is 4.27. The van der Waals surface area contributed by atoms with E-state index in [2.05, 4.69) is 4.99 Å². The Morgan fingerprint density at radius 2 is 1.28 bits per heavy atom. The number of phenolic OH excluding ortho intramolecular Hbond substituents is 1. The van der Waals surface area contributed by atoms with Crippen molar-refractivity contribution in [1.29, 1.82) is 0 Å². The van der Waals surface area contributed by atoms with E-state index in [1.165, 1.54) is 17.8 Å². The number of carboxylic acids is 1. The molecule has 0 bridgehead atoms. The average molecular weight is 576 g/mol. The number of thioether (sulfide) groups is 1. The van der Waals surface area contributed by atoms with Crippen LogP contribution in [0.3, 0.4) is 0 Å². The minimum absolute atomic E-state index is 0.0225. The molecule has 0 amide bonds. The fraction of sp³-hybridized carbons (Fsp3) is 0.692. The van der Waals surface area contributed by atoms with Gasteiger partial charge in [-0.25, -0.2) is 4.79 Å². The molecular weight excluding hydrogens is 534 g/mol. The fourth-order valence-electron chi connectivity index (χ4n) is 3.08. The Bertz CT molecular complexity index is 857.